The fourth-order valence-corrected chi connectivity index (χ4v) is 3.03. The van der Waals surface area contributed by atoms with E-state index in [9.17, 15) is 4.79 Å². The van der Waals surface area contributed by atoms with Crippen LogP contribution in [0.1, 0.15) is 30.6 Å². The molecule has 0 saturated heterocycles. The van der Waals surface area contributed by atoms with Crippen molar-refractivity contribution in [2.45, 2.75) is 45.0 Å². The molecule has 3 atom stereocenters. The number of ether oxygens (including phenoxy) is 1. The molecule has 2 N–H and O–H groups in total. The first-order chi connectivity index (χ1) is 11.7. The van der Waals surface area contributed by atoms with Gasteiger partial charge < -0.3 is 15.4 Å². The Morgan fingerprint density at radius 3 is 3.00 bits per heavy atom. The van der Waals surface area contributed by atoms with Gasteiger partial charge in [-0.3, -0.25) is 9.67 Å². The fourth-order valence-electron chi connectivity index (χ4n) is 3.03. The Hall–Kier alpha value is -2.41. The molecule has 128 valence electrons. The number of aryl methyl sites for hydroxylation is 1. The monoisotopic (exact) mass is 329 g/mol. The van der Waals surface area contributed by atoms with Gasteiger partial charge in [0.15, 0.2) is 0 Å². The molecule has 2 aromatic heterocycles. The molecule has 0 bridgehead atoms. The SMILES string of the molecule is CCOC1CC(NC(=O)NCc2cccnc2C)C1n1cccn1. The number of pyridine rings is 1. The van der Waals surface area contributed by atoms with Crippen molar-refractivity contribution in [1.29, 1.82) is 0 Å². The van der Waals surface area contributed by atoms with Gasteiger partial charge in [-0.1, -0.05) is 6.07 Å². The molecule has 0 radical (unpaired) electrons. The number of nitrogens with zero attached hydrogens (tertiary/aromatic N) is 3. The van der Waals surface area contributed by atoms with Crippen molar-refractivity contribution in [3.63, 3.8) is 0 Å². The molecule has 7 heteroatoms. The average Bonchev–Trinajstić information content (AvgIpc) is 3.06. The summed E-state index contributed by atoms with van der Waals surface area (Å²) < 4.78 is 7.59. The minimum atomic E-state index is -0.185. The number of rotatable bonds is 6. The van der Waals surface area contributed by atoms with Gasteiger partial charge in [0.2, 0.25) is 0 Å². The maximum Gasteiger partial charge on any atom is 0.315 e. The zero-order valence-corrected chi connectivity index (χ0v) is 14.0. The second-order valence-corrected chi connectivity index (χ2v) is 5.89. The molecule has 2 amide bonds. The molecule has 0 aliphatic heterocycles. The molecule has 1 aliphatic carbocycles. The zero-order chi connectivity index (χ0) is 16.9. The zero-order valence-electron chi connectivity index (χ0n) is 14.0. The summed E-state index contributed by atoms with van der Waals surface area (Å²) >= 11 is 0. The Morgan fingerprint density at radius 2 is 2.29 bits per heavy atom. The average molecular weight is 329 g/mol. The van der Waals surface area contributed by atoms with Gasteiger partial charge in [0, 0.05) is 37.4 Å². The topological polar surface area (TPSA) is 81.1 Å². The lowest BCUT2D eigenvalue weighted by Crippen LogP contribution is -2.58. The van der Waals surface area contributed by atoms with Crippen molar-refractivity contribution in [3.8, 4) is 0 Å². The van der Waals surface area contributed by atoms with E-state index in [1.54, 1.807) is 12.4 Å². The number of hydrogen-bond donors (Lipinski definition) is 2. The van der Waals surface area contributed by atoms with Gasteiger partial charge in [-0.2, -0.15) is 5.10 Å². The highest BCUT2D eigenvalue weighted by molar-refractivity contribution is 5.74. The number of urea groups is 1. The predicted octanol–water partition coefficient (Wildman–Crippen LogP) is 1.80. The highest BCUT2D eigenvalue weighted by atomic mass is 16.5. The molecule has 24 heavy (non-hydrogen) atoms. The lowest BCUT2D eigenvalue weighted by atomic mass is 9.83. The largest absolute Gasteiger partial charge is 0.376 e. The molecular formula is C17H23N5O2. The maximum absolute atomic E-state index is 12.2. The standard InChI is InChI=1S/C17H23N5O2/c1-3-24-15-10-14(16(15)22-9-5-8-20-22)21-17(23)19-11-13-6-4-7-18-12(13)2/h4-9,14-16H,3,10-11H2,1-2H3,(H2,19,21,23). The van der Waals surface area contributed by atoms with Crippen LogP contribution in [0.5, 0.6) is 0 Å². The van der Waals surface area contributed by atoms with Crippen LogP contribution in [0.4, 0.5) is 4.79 Å². The van der Waals surface area contributed by atoms with Crippen LogP contribution < -0.4 is 10.6 Å². The maximum atomic E-state index is 12.2. The van der Waals surface area contributed by atoms with Gasteiger partial charge in [0.25, 0.3) is 0 Å². The van der Waals surface area contributed by atoms with E-state index in [0.717, 1.165) is 17.7 Å². The molecule has 0 aromatic carbocycles. The van der Waals surface area contributed by atoms with Crippen LogP contribution >= 0.6 is 0 Å². The normalized spacial score (nSPS) is 22.7. The molecule has 0 spiro atoms. The molecule has 3 unspecified atom stereocenters. The number of aromatic nitrogens is 3. The van der Waals surface area contributed by atoms with Crippen LogP contribution in [-0.4, -0.2) is 39.5 Å². The van der Waals surface area contributed by atoms with Crippen molar-refractivity contribution in [2.75, 3.05) is 6.61 Å². The van der Waals surface area contributed by atoms with Crippen molar-refractivity contribution in [3.05, 3.63) is 48.0 Å². The minimum absolute atomic E-state index is 0.0106. The number of amides is 2. The molecule has 3 rings (SSSR count). The third kappa shape index (κ3) is 3.56. The Labute approximate surface area is 141 Å². The summed E-state index contributed by atoms with van der Waals surface area (Å²) in [5.41, 5.74) is 1.93. The van der Waals surface area contributed by atoms with Crippen LogP contribution in [-0.2, 0) is 11.3 Å². The van der Waals surface area contributed by atoms with Crippen molar-refractivity contribution in [2.24, 2.45) is 0 Å². The van der Waals surface area contributed by atoms with Crippen molar-refractivity contribution >= 4 is 6.03 Å². The second kappa shape index (κ2) is 7.44. The summed E-state index contributed by atoms with van der Waals surface area (Å²) in [4.78, 5) is 16.4. The van der Waals surface area contributed by atoms with Crippen LogP contribution in [0.3, 0.4) is 0 Å². The molecule has 1 aliphatic rings. The quantitative estimate of drug-likeness (QED) is 0.847. The second-order valence-electron chi connectivity index (χ2n) is 5.89. The Bertz CT molecular complexity index is 673. The molecule has 1 fully saturated rings. The van der Waals surface area contributed by atoms with Crippen molar-refractivity contribution < 1.29 is 9.53 Å². The van der Waals surface area contributed by atoms with Gasteiger partial charge in [-0.25, -0.2) is 4.79 Å². The highest BCUT2D eigenvalue weighted by Gasteiger charge is 2.44. The number of nitrogens with one attached hydrogen (secondary N) is 2. The lowest BCUT2D eigenvalue weighted by molar-refractivity contribution is -0.0574. The third-order valence-corrected chi connectivity index (χ3v) is 4.36. The van der Waals surface area contributed by atoms with Crippen LogP contribution in [0, 0.1) is 6.92 Å². The molecule has 2 heterocycles. The van der Waals surface area contributed by atoms with Gasteiger partial charge >= 0.3 is 6.03 Å². The molecule has 7 nitrogen and oxygen atoms in total. The van der Waals surface area contributed by atoms with Crippen LogP contribution in [0.25, 0.3) is 0 Å². The summed E-state index contributed by atoms with van der Waals surface area (Å²) in [6.45, 7) is 5.02. The number of carbonyl (C=O) groups excluding carboxylic acids is 1. The van der Waals surface area contributed by atoms with Gasteiger partial charge in [-0.05, 0) is 38.0 Å². The van der Waals surface area contributed by atoms with Gasteiger partial charge in [0.05, 0.1) is 18.2 Å². The van der Waals surface area contributed by atoms with E-state index in [1.165, 1.54) is 0 Å². The fraction of sp³-hybridized carbons (Fsp3) is 0.471. The summed E-state index contributed by atoms with van der Waals surface area (Å²) in [5.74, 6) is 0. The van der Waals surface area contributed by atoms with E-state index in [0.29, 0.717) is 13.2 Å². The smallest absolute Gasteiger partial charge is 0.315 e. The summed E-state index contributed by atoms with van der Waals surface area (Å²) in [6, 6.07) is 5.57. The first-order valence-corrected chi connectivity index (χ1v) is 8.24. The van der Waals surface area contributed by atoms with Crippen molar-refractivity contribution in [1.82, 2.24) is 25.4 Å². The Balaban J connectivity index is 1.55. The van der Waals surface area contributed by atoms with E-state index < -0.39 is 0 Å². The predicted molar refractivity (Wildman–Crippen MR) is 89.4 cm³/mol. The minimum Gasteiger partial charge on any atom is -0.376 e. The Kier molecular flexibility index (Phi) is 5.10. The molecule has 1 saturated carbocycles. The van der Waals surface area contributed by atoms with E-state index in [2.05, 4.69) is 20.7 Å². The van der Waals surface area contributed by atoms with E-state index in [1.807, 2.05) is 42.9 Å². The molecular weight excluding hydrogens is 306 g/mol. The summed E-state index contributed by atoms with van der Waals surface area (Å²) in [6.07, 6.45) is 6.26. The molecule has 2 aromatic rings. The van der Waals surface area contributed by atoms with E-state index in [-0.39, 0.29) is 24.2 Å². The van der Waals surface area contributed by atoms with Crippen LogP contribution in [0.2, 0.25) is 0 Å². The lowest BCUT2D eigenvalue weighted by Gasteiger charge is -2.44. The van der Waals surface area contributed by atoms with E-state index in [4.69, 9.17) is 4.74 Å². The summed E-state index contributed by atoms with van der Waals surface area (Å²) in [7, 11) is 0. The summed E-state index contributed by atoms with van der Waals surface area (Å²) in [5, 5.41) is 10.2. The Morgan fingerprint density at radius 1 is 1.42 bits per heavy atom. The first-order valence-electron chi connectivity index (χ1n) is 8.24. The van der Waals surface area contributed by atoms with Crippen LogP contribution in [0.15, 0.2) is 36.8 Å². The van der Waals surface area contributed by atoms with Gasteiger partial charge in [-0.15, -0.1) is 0 Å². The third-order valence-electron chi connectivity index (χ3n) is 4.36. The first kappa shape index (κ1) is 16.4. The number of hydrogen-bond acceptors (Lipinski definition) is 4. The van der Waals surface area contributed by atoms with Gasteiger partial charge in [0.1, 0.15) is 0 Å². The highest BCUT2D eigenvalue weighted by Crippen LogP contribution is 2.34. The number of carbonyl (C=O) groups is 1. The van der Waals surface area contributed by atoms with E-state index >= 15 is 0 Å².